The fourth-order valence-corrected chi connectivity index (χ4v) is 3.06. The van der Waals surface area contributed by atoms with E-state index in [-0.39, 0.29) is 0 Å². The lowest BCUT2D eigenvalue weighted by Crippen LogP contribution is -1.98. The summed E-state index contributed by atoms with van der Waals surface area (Å²) in [5.74, 6) is 2.30. The molecule has 5 rings (SSSR count). The van der Waals surface area contributed by atoms with Crippen LogP contribution in [-0.4, -0.2) is 15.1 Å². The van der Waals surface area contributed by atoms with Crippen molar-refractivity contribution in [3.05, 3.63) is 60.1 Å². The lowest BCUT2D eigenvalue weighted by Gasteiger charge is -2.06. The summed E-state index contributed by atoms with van der Waals surface area (Å²) < 4.78 is 11.2. The molecule has 0 spiro atoms. The van der Waals surface area contributed by atoms with E-state index in [1.54, 1.807) is 6.20 Å². The first-order valence-corrected chi connectivity index (χ1v) is 8.57. The maximum atomic E-state index is 5.82. The summed E-state index contributed by atoms with van der Waals surface area (Å²) in [5, 5.41) is 6.20. The maximum absolute atomic E-state index is 5.82. The van der Waals surface area contributed by atoms with Crippen molar-refractivity contribution < 1.29 is 9.26 Å². The summed E-state index contributed by atoms with van der Waals surface area (Å²) in [6.45, 7) is 0.352. The van der Waals surface area contributed by atoms with Gasteiger partial charge in [-0.3, -0.25) is 4.98 Å². The van der Waals surface area contributed by atoms with Crippen LogP contribution in [0.1, 0.15) is 24.3 Å². The second-order valence-corrected chi connectivity index (χ2v) is 6.58. The maximum Gasteiger partial charge on any atom is 0.214 e. The summed E-state index contributed by atoms with van der Waals surface area (Å²) in [6, 6.07) is 13.9. The van der Waals surface area contributed by atoms with E-state index in [0.717, 1.165) is 45.6 Å². The highest BCUT2D eigenvalue weighted by atomic mass is 16.5. The van der Waals surface area contributed by atoms with Gasteiger partial charge in [0.15, 0.2) is 0 Å². The molecule has 0 bridgehead atoms. The Morgan fingerprint density at radius 1 is 1.04 bits per heavy atom. The summed E-state index contributed by atoms with van der Waals surface area (Å²) in [6.07, 6.45) is 5.37. The van der Waals surface area contributed by atoms with Crippen molar-refractivity contribution in [3.8, 4) is 5.88 Å². The summed E-state index contributed by atoms with van der Waals surface area (Å²) >= 11 is 0. The Bertz CT molecular complexity index is 1050. The predicted octanol–water partition coefficient (Wildman–Crippen LogP) is 4.30. The molecular formula is C20H17N3O2. The molecule has 25 heavy (non-hydrogen) atoms. The second kappa shape index (κ2) is 5.84. The first-order chi connectivity index (χ1) is 12.3. The first kappa shape index (κ1) is 14.4. The molecule has 0 aliphatic heterocycles. The Balaban J connectivity index is 1.38. The van der Waals surface area contributed by atoms with Gasteiger partial charge in [-0.1, -0.05) is 23.4 Å². The topological polar surface area (TPSA) is 61.0 Å². The molecule has 1 aromatic carbocycles. The zero-order valence-corrected chi connectivity index (χ0v) is 13.7. The van der Waals surface area contributed by atoms with E-state index in [1.807, 2.05) is 30.3 Å². The fourth-order valence-electron chi connectivity index (χ4n) is 3.06. The van der Waals surface area contributed by atoms with Crippen molar-refractivity contribution in [2.24, 2.45) is 5.92 Å². The predicted molar refractivity (Wildman–Crippen MR) is 94.3 cm³/mol. The van der Waals surface area contributed by atoms with E-state index in [4.69, 9.17) is 9.26 Å². The molecule has 0 N–H and O–H groups in total. The van der Waals surface area contributed by atoms with Gasteiger partial charge in [0.1, 0.15) is 23.6 Å². The van der Waals surface area contributed by atoms with Crippen molar-refractivity contribution in [3.63, 3.8) is 0 Å². The average Bonchev–Trinajstić information content (AvgIpc) is 3.36. The number of fused-ring (bicyclic) bond motifs is 3. The minimum absolute atomic E-state index is 0.352. The molecule has 5 nitrogen and oxygen atoms in total. The molecule has 0 saturated heterocycles. The monoisotopic (exact) mass is 331 g/mol. The third-order valence-electron chi connectivity index (χ3n) is 4.57. The Morgan fingerprint density at radius 3 is 2.76 bits per heavy atom. The van der Waals surface area contributed by atoms with Gasteiger partial charge in [-0.25, -0.2) is 4.98 Å². The van der Waals surface area contributed by atoms with Gasteiger partial charge < -0.3 is 9.26 Å². The van der Waals surface area contributed by atoms with Crippen molar-refractivity contribution in [1.82, 2.24) is 15.1 Å². The summed E-state index contributed by atoms with van der Waals surface area (Å²) in [4.78, 5) is 9.10. The number of rotatable bonds is 5. The highest BCUT2D eigenvalue weighted by Crippen LogP contribution is 2.32. The smallest absolute Gasteiger partial charge is 0.214 e. The van der Waals surface area contributed by atoms with E-state index in [9.17, 15) is 0 Å². The minimum atomic E-state index is 0.352. The third kappa shape index (κ3) is 2.93. The van der Waals surface area contributed by atoms with Gasteiger partial charge in [0.05, 0.1) is 5.52 Å². The van der Waals surface area contributed by atoms with Gasteiger partial charge in [0, 0.05) is 35.5 Å². The lowest BCUT2D eigenvalue weighted by atomic mass is 10.1. The molecule has 4 aromatic rings. The van der Waals surface area contributed by atoms with E-state index < -0.39 is 0 Å². The van der Waals surface area contributed by atoms with E-state index in [1.165, 1.54) is 12.8 Å². The van der Waals surface area contributed by atoms with Gasteiger partial charge in [0.25, 0.3) is 0 Å². The molecule has 3 aromatic heterocycles. The molecule has 3 heterocycles. The molecule has 1 aliphatic carbocycles. The number of hydrogen-bond donors (Lipinski definition) is 0. The standard InChI is InChI=1S/C20H17N3O2/c1-2-14-5-6-15-7-8-18(22-20(15)19(14)21-9-1)24-12-16-11-17(25-23-16)10-13-3-4-13/h1-2,5-9,11,13H,3-4,10,12H2. The normalized spacial score (nSPS) is 14.2. The summed E-state index contributed by atoms with van der Waals surface area (Å²) in [5.41, 5.74) is 2.54. The first-order valence-electron chi connectivity index (χ1n) is 8.57. The molecule has 0 unspecified atom stereocenters. The minimum Gasteiger partial charge on any atom is -0.471 e. The Labute approximate surface area is 144 Å². The number of benzene rings is 1. The SMILES string of the molecule is c1cnc2c(c1)ccc1ccc(OCc3cc(CC4CC4)on3)nc12. The number of pyridine rings is 2. The van der Waals surface area contributed by atoms with Crippen molar-refractivity contribution in [2.75, 3.05) is 0 Å². The van der Waals surface area contributed by atoms with Crippen LogP contribution < -0.4 is 4.74 Å². The molecule has 1 fully saturated rings. The Morgan fingerprint density at radius 2 is 1.88 bits per heavy atom. The lowest BCUT2D eigenvalue weighted by molar-refractivity contribution is 0.277. The highest BCUT2D eigenvalue weighted by Gasteiger charge is 2.23. The molecule has 5 heteroatoms. The third-order valence-corrected chi connectivity index (χ3v) is 4.57. The van der Waals surface area contributed by atoms with E-state index >= 15 is 0 Å². The van der Waals surface area contributed by atoms with E-state index in [2.05, 4.69) is 27.3 Å². The molecular weight excluding hydrogens is 314 g/mol. The van der Waals surface area contributed by atoms with Crippen LogP contribution >= 0.6 is 0 Å². The Hall–Kier alpha value is -2.95. The van der Waals surface area contributed by atoms with Gasteiger partial charge in [-0.15, -0.1) is 0 Å². The van der Waals surface area contributed by atoms with Crippen molar-refractivity contribution >= 4 is 21.8 Å². The molecule has 0 atom stereocenters. The van der Waals surface area contributed by atoms with Crippen LogP contribution in [0, 0.1) is 5.92 Å². The van der Waals surface area contributed by atoms with Crippen LogP contribution in [0.2, 0.25) is 0 Å². The van der Waals surface area contributed by atoms with Gasteiger partial charge >= 0.3 is 0 Å². The zero-order chi connectivity index (χ0) is 16.6. The van der Waals surface area contributed by atoms with Crippen LogP contribution in [0.25, 0.3) is 21.8 Å². The van der Waals surface area contributed by atoms with Crippen LogP contribution in [-0.2, 0) is 13.0 Å². The highest BCUT2D eigenvalue weighted by molar-refractivity contribution is 6.02. The van der Waals surface area contributed by atoms with Gasteiger partial charge in [0.2, 0.25) is 5.88 Å². The second-order valence-electron chi connectivity index (χ2n) is 6.58. The van der Waals surface area contributed by atoms with Crippen molar-refractivity contribution in [2.45, 2.75) is 25.9 Å². The largest absolute Gasteiger partial charge is 0.471 e. The quantitative estimate of drug-likeness (QED) is 0.510. The van der Waals surface area contributed by atoms with Crippen LogP contribution in [0.15, 0.2) is 53.2 Å². The fraction of sp³-hybridized carbons (Fsp3) is 0.250. The average molecular weight is 331 g/mol. The number of nitrogens with zero attached hydrogens (tertiary/aromatic N) is 3. The number of aromatic nitrogens is 3. The van der Waals surface area contributed by atoms with E-state index in [0.29, 0.717) is 12.5 Å². The van der Waals surface area contributed by atoms with Crippen LogP contribution in [0.5, 0.6) is 5.88 Å². The summed E-state index contributed by atoms with van der Waals surface area (Å²) in [7, 11) is 0. The van der Waals surface area contributed by atoms with Gasteiger partial charge in [-0.05, 0) is 30.9 Å². The number of ether oxygens (including phenoxy) is 1. The molecule has 1 aliphatic rings. The Kier molecular flexibility index (Phi) is 3.37. The van der Waals surface area contributed by atoms with Crippen LogP contribution in [0.3, 0.4) is 0 Å². The van der Waals surface area contributed by atoms with Crippen LogP contribution in [0.4, 0.5) is 0 Å². The van der Waals surface area contributed by atoms with Crippen molar-refractivity contribution in [1.29, 1.82) is 0 Å². The molecule has 1 saturated carbocycles. The van der Waals surface area contributed by atoms with Gasteiger partial charge in [-0.2, -0.15) is 0 Å². The number of hydrogen-bond acceptors (Lipinski definition) is 5. The molecule has 124 valence electrons. The zero-order valence-electron chi connectivity index (χ0n) is 13.7. The molecule has 0 amide bonds. The molecule has 0 radical (unpaired) electrons.